The number of carboxylic acid groups (broad SMARTS) is 1. The average Bonchev–Trinajstić information content (AvgIpc) is 2.41. The van der Waals surface area contributed by atoms with E-state index in [0.29, 0.717) is 5.75 Å². The highest BCUT2D eigenvalue weighted by Gasteiger charge is 2.16. The number of hydrogen-bond donors (Lipinski definition) is 2. The largest absolute Gasteiger partial charge is 0.497 e. The van der Waals surface area contributed by atoms with E-state index in [2.05, 4.69) is 5.32 Å². The second kappa shape index (κ2) is 7.53. The van der Waals surface area contributed by atoms with Gasteiger partial charge in [-0.3, -0.25) is 0 Å². The van der Waals surface area contributed by atoms with E-state index in [1.165, 1.54) is 25.3 Å². The molecule has 2 N–H and O–H groups in total. The molecule has 7 heteroatoms. The Hall–Kier alpha value is -2.44. The zero-order valence-electron chi connectivity index (χ0n) is 13.1. The van der Waals surface area contributed by atoms with Crippen LogP contribution in [-0.4, -0.2) is 43.0 Å². The molecule has 0 unspecified atom stereocenters. The second-order valence-corrected chi connectivity index (χ2v) is 5.44. The average molecular weight is 311 g/mol. The number of methoxy groups -OCH3 is 1. The lowest BCUT2D eigenvalue weighted by Gasteiger charge is -2.19. The number of carbonyl (C=O) groups excluding carboxylic acids is 1. The van der Waals surface area contributed by atoms with Gasteiger partial charge in [0.05, 0.1) is 13.7 Å². The van der Waals surface area contributed by atoms with Crippen LogP contribution in [0.1, 0.15) is 31.1 Å². The van der Waals surface area contributed by atoms with E-state index in [1.54, 1.807) is 20.8 Å². The summed E-state index contributed by atoms with van der Waals surface area (Å²) in [6.45, 7) is 5.58. The predicted molar refractivity (Wildman–Crippen MR) is 79.7 cm³/mol. The number of aromatic carboxylic acids is 1. The summed E-state index contributed by atoms with van der Waals surface area (Å²) in [7, 11) is 1.48. The van der Waals surface area contributed by atoms with Crippen molar-refractivity contribution < 1.29 is 28.9 Å². The van der Waals surface area contributed by atoms with E-state index in [1.807, 2.05) is 0 Å². The molecule has 0 aliphatic carbocycles. The number of benzene rings is 1. The third-order valence-corrected chi connectivity index (χ3v) is 2.45. The number of carboxylic acids is 1. The Balaban J connectivity index is 2.54. The Morgan fingerprint density at radius 3 is 2.50 bits per heavy atom. The van der Waals surface area contributed by atoms with Crippen LogP contribution in [-0.2, 0) is 4.74 Å². The summed E-state index contributed by atoms with van der Waals surface area (Å²) in [4.78, 5) is 22.6. The van der Waals surface area contributed by atoms with E-state index in [9.17, 15) is 9.59 Å². The maximum absolute atomic E-state index is 11.4. The normalized spacial score (nSPS) is 10.7. The van der Waals surface area contributed by atoms with Gasteiger partial charge in [0.2, 0.25) is 0 Å². The van der Waals surface area contributed by atoms with Crippen molar-refractivity contribution in [1.29, 1.82) is 0 Å². The van der Waals surface area contributed by atoms with Crippen LogP contribution in [0, 0.1) is 0 Å². The molecule has 22 heavy (non-hydrogen) atoms. The molecule has 0 bridgehead atoms. The van der Waals surface area contributed by atoms with Crippen LogP contribution in [0.3, 0.4) is 0 Å². The highest BCUT2D eigenvalue weighted by atomic mass is 16.6. The van der Waals surface area contributed by atoms with Gasteiger partial charge in [-0.25, -0.2) is 9.59 Å². The van der Waals surface area contributed by atoms with E-state index in [0.717, 1.165) is 0 Å². The number of alkyl carbamates (subject to hydrolysis) is 1. The Kier molecular flexibility index (Phi) is 6.03. The Bertz CT molecular complexity index is 535. The lowest BCUT2D eigenvalue weighted by molar-refractivity contribution is 0.0518. The minimum absolute atomic E-state index is 0.0260. The summed E-state index contributed by atoms with van der Waals surface area (Å²) in [5, 5.41) is 11.6. The van der Waals surface area contributed by atoms with E-state index in [4.69, 9.17) is 19.3 Å². The zero-order valence-corrected chi connectivity index (χ0v) is 13.1. The highest BCUT2D eigenvalue weighted by molar-refractivity contribution is 5.91. The predicted octanol–water partition coefficient (Wildman–Crippen LogP) is 2.30. The summed E-state index contributed by atoms with van der Waals surface area (Å²) >= 11 is 0. The molecule has 1 rings (SSSR count). The lowest BCUT2D eigenvalue weighted by Crippen LogP contribution is -2.34. The van der Waals surface area contributed by atoms with Crippen LogP contribution < -0.4 is 14.8 Å². The topological polar surface area (TPSA) is 94.1 Å². The van der Waals surface area contributed by atoms with Gasteiger partial charge in [0.25, 0.3) is 0 Å². The number of nitrogens with one attached hydrogen (secondary N) is 1. The minimum atomic E-state index is -1.10. The zero-order chi connectivity index (χ0) is 16.8. The van der Waals surface area contributed by atoms with Crippen LogP contribution in [0.4, 0.5) is 4.79 Å². The Morgan fingerprint density at radius 2 is 1.95 bits per heavy atom. The summed E-state index contributed by atoms with van der Waals surface area (Å²) < 4.78 is 15.5. The Morgan fingerprint density at radius 1 is 1.27 bits per heavy atom. The van der Waals surface area contributed by atoms with Crippen LogP contribution in [0.5, 0.6) is 11.5 Å². The molecule has 1 amide bonds. The number of rotatable bonds is 6. The summed E-state index contributed by atoms with van der Waals surface area (Å²) in [5.74, 6) is -0.435. The fourth-order valence-electron chi connectivity index (χ4n) is 1.55. The van der Waals surface area contributed by atoms with Crippen molar-refractivity contribution in [3.63, 3.8) is 0 Å². The van der Waals surface area contributed by atoms with Gasteiger partial charge < -0.3 is 24.6 Å². The van der Waals surface area contributed by atoms with E-state index >= 15 is 0 Å². The molecule has 7 nitrogen and oxygen atoms in total. The standard InChI is InChI=1S/C15H21NO6/c1-15(2,3)22-14(19)16-7-8-21-12-9-10(20-4)5-6-11(12)13(17)18/h5-6,9H,7-8H2,1-4H3,(H,16,19)(H,17,18). The van der Waals surface area contributed by atoms with Crippen LogP contribution >= 0.6 is 0 Å². The smallest absolute Gasteiger partial charge is 0.407 e. The van der Waals surface area contributed by atoms with Gasteiger partial charge in [0.15, 0.2) is 0 Å². The molecule has 0 radical (unpaired) electrons. The molecule has 0 atom stereocenters. The van der Waals surface area contributed by atoms with Gasteiger partial charge in [-0.2, -0.15) is 0 Å². The van der Waals surface area contributed by atoms with Crippen molar-refractivity contribution in [3.05, 3.63) is 23.8 Å². The van der Waals surface area contributed by atoms with Gasteiger partial charge in [0.1, 0.15) is 29.3 Å². The molecule has 0 heterocycles. The Labute approximate surface area is 129 Å². The van der Waals surface area contributed by atoms with Crippen LogP contribution in [0.15, 0.2) is 18.2 Å². The van der Waals surface area contributed by atoms with Gasteiger partial charge in [-0.15, -0.1) is 0 Å². The number of ether oxygens (including phenoxy) is 3. The van der Waals surface area contributed by atoms with E-state index < -0.39 is 17.7 Å². The molecule has 0 spiro atoms. The van der Waals surface area contributed by atoms with Crippen molar-refractivity contribution >= 4 is 12.1 Å². The molecule has 0 aliphatic heterocycles. The fraction of sp³-hybridized carbons (Fsp3) is 0.467. The molecule has 1 aromatic carbocycles. The fourth-order valence-corrected chi connectivity index (χ4v) is 1.55. The van der Waals surface area contributed by atoms with Gasteiger partial charge >= 0.3 is 12.1 Å². The highest BCUT2D eigenvalue weighted by Crippen LogP contribution is 2.24. The molecule has 0 aliphatic rings. The molecule has 0 saturated heterocycles. The third kappa shape index (κ3) is 5.90. The monoisotopic (exact) mass is 311 g/mol. The van der Waals surface area contributed by atoms with Crippen molar-refractivity contribution in [3.8, 4) is 11.5 Å². The van der Waals surface area contributed by atoms with Gasteiger partial charge in [0, 0.05) is 6.07 Å². The third-order valence-electron chi connectivity index (χ3n) is 2.45. The SMILES string of the molecule is COc1ccc(C(=O)O)c(OCCNC(=O)OC(C)(C)C)c1. The van der Waals surface area contributed by atoms with Gasteiger partial charge in [-0.1, -0.05) is 0 Å². The molecule has 0 saturated carbocycles. The molecule has 122 valence electrons. The maximum atomic E-state index is 11.4. The van der Waals surface area contributed by atoms with Gasteiger partial charge in [-0.05, 0) is 32.9 Å². The van der Waals surface area contributed by atoms with Crippen LogP contribution in [0.25, 0.3) is 0 Å². The van der Waals surface area contributed by atoms with Crippen molar-refractivity contribution in [1.82, 2.24) is 5.32 Å². The number of hydrogen-bond acceptors (Lipinski definition) is 5. The van der Waals surface area contributed by atoms with Crippen molar-refractivity contribution in [2.24, 2.45) is 0 Å². The molecule has 1 aromatic rings. The summed E-state index contributed by atoms with van der Waals surface area (Å²) in [6.07, 6.45) is -0.555. The quantitative estimate of drug-likeness (QED) is 0.783. The molecule has 0 fully saturated rings. The molecule has 0 aromatic heterocycles. The first-order valence-electron chi connectivity index (χ1n) is 6.74. The van der Waals surface area contributed by atoms with Crippen molar-refractivity contribution in [2.45, 2.75) is 26.4 Å². The molecular formula is C15H21NO6. The first-order chi connectivity index (χ1) is 10.2. The maximum Gasteiger partial charge on any atom is 0.407 e. The summed E-state index contributed by atoms with van der Waals surface area (Å²) in [6, 6.07) is 4.42. The first-order valence-corrected chi connectivity index (χ1v) is 6.74. The van der Waals surface area contributed by atoms with E-state index in [-0.39, 0.29) is 24.5 Å². The number of amides is 1. The van der Waals surface area contributed by atoms with Crippen molar-refractivity contribution in [2.75, 3.05) is 20.3 Å². The second-order valence-electron chi connectivity index (χ2n) is 5.44. The first kappa shape index (κ1) is 17.6. The molecular weight excluding hydrogens is 290 g/mol. The number of carbonyl (C=O) groups is 2. The minimum Gasteiger partial charge on any atom is -0.497 e. The summed E-state index contributed by atoms with van der Waals surface area (Å²) in [5.41, 5.74) is -0.549. The van der Waals surface area contributed by atoms with Crippen LogP contribution in [0.2, 0.25) is 0 Å². The lowest BCUT2D eigenvalue weighted by atomic mass is 10.2.